The Hall–Kier alpha value is -0.590. The van der Waals surface area contributed by atoms with Gasteiger partial charge < -0.3 is 5.73 Å². The van der Waals surface area contributed by atoms with Crippen LogP contribution in [0, 0.1) is 3.57 Å². The van der Waals surface area contributed by atoms with E-state index in [9.17, 15) is 0 Å². The third-order valence-corrected chi connectivity index (χ3v) is 4.98. The first-order chi connectivity index (χ1) is 10.0. The predicted molar refractivity (Wildman–Crippen MR) is 96.6 cm³/mol. The second kappa shape index (κ2) is 7.61. The standard InChI is InChI=1S/C16H21ClIN3/c1-3-13(4-2)21-8-7-12(20-21)10-16(19)14-9-11(17)5-6-15(14)18/h5-9,13,16H,3-4,10,19H2,1-2H3. The Kier molecular flexibility index (Phi) is 6.08. The van der Waals surface area contributed by atoms with Crippen LogP contribution in [0.3, 0.4) is 0 Å². The van der Waals surface area contributed by atoms with Crippen LogP contribution in [0.5, 0.6) is 0 Å². The lowest BCUT2D eigenvalue weighted by atomic mass is 10.0. The lowest BCUT2D eigenvalue weighted by molar-refractivity contribution is 0.424. The van der Waals surface area contributed by atoms with Crippen molar-refractivity contribution in [2.24, 2.45) is 5.73 Å². The van der Waals surface area contributed by atoms with Gasteiger partial charge in [0.15, 0.2) is 0 Å². The van der Waals surface area contributed by atoms with Gasteiger partial charge in [0, 0.05) is 27.3 Å². The first kappa shape index (κ1) is 16.8. The molecule has 1 heterocycles. The fourth-order valence-corrected chi connectivity index (χ4v) is 3.40. The molecule has 0 aliphatic heterocycles. The molecule has 114 valence electrons. The molecule has 0 radical (unpaired) electrons. The van der Waals surface area contributed by atoms with Gasteiger partial charge in [-0.3, -0.25) is 4.68 Å². The molecule has 5 heteroatoms. The lowest BCUT2D eigenvalue weighted by Crippen LogP contribution is -2.16. The molecule has 0 fully saturated rings. The number of nitrogens with two attached hydrogens (primary N) is 1. The molecular weight excluding hydrogens is 397 g/mol. The quantitative estimate of drug-likeness (QED) is 0.690. The minimum absolute atomic E-state index is 0.0827. The number of hydrogen-bond donors (Lipinski definition) is 1. The predicted octanol–water partition coefficient (Wildman–Crippen LogP) is 4.74. The van der Waals surface area contributed by atoms with E-state index in [1.54, 1.807) is 0 Å². The second-order valence-electron chi connectivity index (χ2n) is 5.23. The van der Waals surface area contributed by atoms with Gasteiger partial charge in [0.25, 0.3) is 0 Å². The van der Waals surface area contributed by atoms with E-state index in [-0.39, 0.29) is 6.04 Å². The first-order valence-electron chi connectivity index (χ1n) is 7.29. The van der Waals surface area contributed by atoms with Crippen molar-refractivity contribution in [3.05, 3.63) is 50.3 Å². The van der Waals surface area contributed by atoms with Crippen molar-refractivity contribution in [3.63, 3.8) is 0 Å². The Morgan fingerprint density at radius 2 is 2.00 bits per heavy atom. The van der Waals surface area contributed by atoms with Crippen molar-refractivity contribution in [3.8, 4) is 0 Å². The van der Waals surface area contributed by atoms with Crippen molar-refractivity contribution < 1.29 is 0 Å². The monoisotopic (exact) mass is 417 g/mol. The molecule has 0 amide bonds. The minimum atomic E-state index is -0.0827. The summed E-state index contributed by atoms with van der Waals surface area (Å²) in [5, 5.41) is 5.40. The highest BCUT2D eigenvalue weighted by Crippen LogP contribution is 2.25. The SMILES string of the molecule is CCC(CC)n1ccc(CC(N)c2cc(Cl)ccc2I)n1. The molecule has 1 atom stereocenters. The Morgan fingerprint density at radius 3 is 2.67 bits per heavy atom. The number of rotatable bonds is 6. The van der Waals surface area contributed by atoms with Gasteiger partial charge in [-0.05, 0) is 65.3 Å². The van der Waals surface area contributed by atoms with E-state index in [1.807, 2.05) is 18.2 Å². The molecule has 0 spiro atoms. The molecule has 0 saturated heterocycles. The summed E-state index contributed by atoms with van der Waals surface area (Å²) in [6.45, 7) is 4.38. The van der Waals surface area contributed by atoms with Crippen LogP contribution in [0.15, 0.2) is 30.5 Å². The highest BCUT2D eigenvalue weighted by molar-refractivity contribution is 14.1. The molecule has 0 aliphatic rings. The number of halogens is 2. The van der Waals surface area contributed by atoms with Crippen LogP contribution in [0.4, 0.5) is 0 Å². The molecular formula is C16H21ClIN3. The maximum atomic E-state index is 6.33. The molecule has 2 rings (SSSR count). The Labute approximate surface area is 145 Å². The summed E-state index contributed by atoms with van der Waals surface area (Å²) >= 11 is 8.37. The summed E-state index contributed by atoms with van der Waals surface area (Å²) in [5.74, 6) is 0. The number of hydrogen-bond acceptors (Lipinski definition) is 2. The van der Waals surface area contributed by atoms with E-state index >= 15 is 0 Å². The largest absolute Gasteiger partial charge is 0.324 e. The molecule has 0 bridgehead atoms. The lowest BCUT2D eigenvalue weighted by Gasteiger charge is -2.14. The summed E-state index contributed by atoms with van der Waals surface area (Å²) in [4.78, 5) is 0. The highest BCUT2D eigenvalue weighted by atomic mass is 127. The van der Waals surface area contributed by atoms with E-state index in [0.717, 1.165) is 39.1 Å². The Morgan fingerprint density at radius 1 is 1.29 bits per heavy atom. The normalized spacial score (nSPS) is 12.9. The summed E-state index contributed by atoms with van der Waals surface area (Å²) in [6.07, 6.45) is 4.97. The van der Waals surface area contributed by atoms with Crippen LogP contribution in [0.1, 0.15) is 50.0 Å². The molecule has 21 heavy (non-hydrogen) atoms. The van der Waals surface area contributed by atoms with E-state index in [4.69, 9.17) is 17.3 Å². The van der Waals surface area contributed by atoms with Gasteiger partial charge in [-0.2, -0.15) is 5.10 Å². The van der Waals surface area contributed by atoms with Crippen LogP contribution < -0.4 is 5.73 Å². The first-order valence-corrected chi connectivity index (χ1v) is 8.75. The number of nitrogens with zero attached hydrogens (tertiary/aromatic N) is 2. The summed E-state index contributed by atoms with van der Waals surface area (Å²) in [6, 6.07) is 8.30. The van der Waals surface area contributed by atoms with Crippen molar-refractivity contribution >= 4 is 34.2 Å². The van der Waals surface area contributed by atoms with Crippen molar-refractivity contribution in [2.75, 3.05) is 0 Å². The van der Waals surface area contributed by atoms with Crippen LogP contribution in [0.25, 0.3) is 0 Å². The third kappa shape index (κ3) is 4.20. The zero-order chi connectivity index (χ0) is 15.4. The Bertz CT molecular complexity index is 593. The smallest absolute Gasteiger partial charge is 0.0643 e. The molecule has 0 aliphatic carbocycles. The van der Waals surface area contributed by atoms with Crippen LogP contribution in [-0.2, 0) is 6.42 Å². The fourth-order valence-electron chi connectivity index (χ4n) is 2.49. The summed E-state index contributed by atoms with van der Waals surface area (Å²) in [7, 11) is 0. The molecule has 3 nitrogen and oxygen atoms in total. The van der Waals surface area contributed by atoms with Crippen molar-refractivity contribution in [2.45, 2.75) is 45.2 Å². The van der Waals surface area contributed by atoms with Gasteiger partial charge in [-0.1, -0.05) is 25.4 Å². The molecule has 0 saturated carbocycles. The average molecular weight is 418 g/mol. The van der Waals surface area contributed by atoms with Gasteiger partial charge >= 0.3 is 0 Å². The number of aromatic nitrogens is 2. The van der Waals surface area contributed by atoms with Gasteiger partial charge in [-0.25, -0.2) is 0 Å². The zero-order valence-electron chi connectivity index (χ0n) is 12.4. The van der Waals surface area contributed by atoms with E-state index in [0.29, 0.717) is 6.04 Å². The van der Waals surface area contributed by atoms with Gasteiger partial charge in [-0.15, -0.1) is 0 Å². The van der Waals surface area contributed by atoms with Gasteiger partial charge in [0.1, 0.15) is 0 Å². The highest BCUT2D eigenvalue weighted by Gasteiger charge is 2.14. The molecule has 1 unspecified atom stereocenters. The van der Waals surface area contributed by atoms with E-state index in [2.05, 4.69) is 58.5 Å². The van der Waals surface area contributed by atoms with Crippen molar-refractivity contribution in [1.29, 1.82) is 0 Å². The molecule has 1 aromatic carbocycles. The zero-order valence-corrected chi connectivity index (χ0v) is 15.3. The van der Waals surface area contributed by atoms with Gasteiger partial charge in [0.05, 0.1) is 11.7 Å². The van der Waals surface area contributed by atoms with Gasteiger partial charge in [0.2, 0.25) is 0 Å². The molecule has 1 aromatic heterocycles. The van der Waals surface area contributed by atoms with Crippen LogP contribution >= 0.6 is 34.2 Å². The summed E-state index contributed by atoms with van der Waals surface area (Å²) < 4.78 is 3.20. The second-order valence-corrected chi connectivity index (χ2v) is 6.83. The van der Waals surface area contributed by atoms with Crippen molar-refractivity contribution in [1.82, 2.24) is 9.78 Å². The fraction of sp³-hybridized carbons (Fsp3) is 0.438. The third-order valence-electron chi connectivity index (χ3n) is 3.77. The average Bonchev–Trinajstić information content (AvgIpc) is 2.91. The maximum Gasteiger partial charge on any atom is 0.0643 e. The molecule has 2 aromatic rings. The summed E-state index contributed by atoms with van der Waals surface area (Å²) in [5.41, 5.74) is 8.45. The van der Waals surface area contributed by atoms with Crippen LogP contribution in [0.2, 0.25) is 5.02 Å². The Balaban J connectivity index is 2.12. The molecule has 2 N–H and O–H groups in total. The number of benzene rings is 1. The maximum absolute atomic E-state index is 6.33. The van der Waals surface area contributed by atoms with E-state index < -0.39 is 0 Å². The minimum Gasteiger partial charge on any atom is -0.324 e. The van der Waals surface area contributed by atoms with Crippen LogP contribution in [-0.4, -0.2) is 9.78 Å². The van der Waals surface area contributed by atoms with E-state index in [1.165, 1.54) is 0 Å². The topological polar surface area (TPSA) is 43.8 Å².